The molecule has 0 aliphatic rings. The highest BCUT2D eigenvalue weighted by Gasteiger charge is 2.32. The zero-order chi connectivity index (χ0) is 14.6. The molecule has 2 aromatic rings. The molecule has 2 rings (SSSR count). The Kier molecular flexibility index (Phi) is 4.35. The Morgan fingerprint density at radius 2 is 1.80 bits per heavy atom. The second-order valence-corrected chi connectivity index (χ2v) is 4.72. The molecule has 4 heteroatoms. The van der Waals surface area contributed by atoms with Crippen LogP contribution < -0.4 is 10.5 Å². The van der Waals surface area contributed by atoms with Crippen LogP contribution in [0.25, 0.3) is 0 Å². The molecule has 20 heavy (non-hydrogen) atoms. The zero-order valence-electron chi connectivity index (χ0n) is 11.2. The molecule has 2 N–H and O–H groups in total. The molecular formula is C16H17F2NO. The largest absolute Gasteiger partial charge is 0.487 e. The van der Waals surface area contributed by atoms with E-state index in [-0.39, 0.29) is 11.6 Å². The maximum Gasteiger partial charge on any atom is 0.306 e. The predicted octanol–water partition coefficient (Wildman–Crippen LogP) is 3.88. The number of nitrogens with two attached hydrogens (primary N) is 1. The fourth-order valence-electron chi connectivity index (χ4n) is 1.83. The summed E-state index contributed by atoms with van der Waals surface area (Å²) >= 11 is 0. The van der Waals surface area contributed by atoms with Gasteiger partial charge in [-0.05, 0) is 24.6 Å². The van der Waals surface area contributed by atoms with Crippen molar-refractivity contribution in [1.29, 1.82) is 0 Å². The number of halogens is 2. The van der Waals surface area contributed by atoms with Gasteiger partial charge < -0.3 is 10.5 Å². The lowest BCUT2D eigenvalue weighted by atomic mass is 10.1. The highest BCUT2D eigenvalue weighted by molar-refractivity contribution is 5.30. The third kappa shape index (κ3) is 3.54. The van der Waals surface area contributed by atoms with Crippen LogP contribution in [-0.2, 0) is 5.92 Å². The van der Waals surface area contributed by atoms with Gasteiger partial charge >= 0.3 is 5.92 Å². The Labute approximate surface area is 117 Å². The molecule has 0 saturated heterocycles. The van der Waals surface area contributed by atoms with Crippen molar-refractivity contribution < 1.29 is 13.5 Å². The Bertz CT molecular complexity index is 555. The minimum absolute atomic E-state index is 0.0525. The first-order chi connectivity index (χ1) is 9.49. The van der Waals surface area contributed by atoms with E-state index in [2.05, 4.69) is 0 Å². The lowest BCUT2D eigenvalue weighted by molar-refractivity contribution is -0.0467. The van der Waals surface area contributed by atoms with Crippen molar-refractivity contribution >= 4 is 0 Å². The zero-order valence-corrected chi connectivity index (χ0v) is 11.2. The van der Waals surface area contributed by atoms with Gasteiger partial charge in [0.1, 0.15) is 5.75 Å². The van der Waals surface area contributed by atoms with Gasteiger partial charge in [-0.15, -0.1) is 0 Å². The van der Waals surface area contributed by atoms with Crippen molar-refractivity contribution in [3.8, 4) is 5.75 Å². The monoisotopic (exact) mass is 277 g/mol. The van der Waals surface area contributed by atoms with Gasteiger partial charge in [-0.1, -0.05) is 42.5 Å². The molecule has 0 aliphatic heterocycles. The molecule has 0 spiro atoms. The summed E-state index contributed by atoms with van der Waals surface area (Å²) < 4.78 is 33.1. The first kappa shape index (κ1) is 14.5. The average Bonchev–Trinajstić information content (AvgIpc) is 2.46. The second kappa shape index (κ2) is 6.01. The van der Waals surface area contributed by atoms with Crippen molar-refractivity contribution in [2.75, 3.05) is 6.61 Å². The number of hydrogen-bond acceptors (Lipinski definition) is 2. The average molecular weight is 277 g/mol. The predicted molar refractivity (Wildman–Crippen MR) is 74.9 cm³/mol. The fourth-order valence-corrected chi connectivity index (χ4v) is 1.83. The highest BCUT2D eigenvalue weighted by atomic mass is 19.3. The van der Waals surface area contributed by atoms with E-state index in [0.717, 1.165) is 5.56 Å². The van der Waals surface area contributed by atoms with E-state index in [1.165, 1.54) is 12.1 Å². The Hall–Kier alpha value is -1.94. The van der Waals surface area contributed by atoms with Gasteiger partial charge in [0.05, 0.1) is 0 Å². The quantitative estimate of drug-likeness (QED) is 0.900. The molecule has 0 amide bonds. The number of hydrogen-bond donors (Lipinski definition) is 1. The number of benzene rings is 2. The van der Waals surface area contributed by atoms with Gasteiger partial charge in [-0.2, -0.15) is 8.78 Å². The maximum atomic E-state index is 14.0. The van der Waals surface area contributed by atoms with Crippen molar-refractivity contribution in [2.24, 2.45) is 5.73 Å². The molecule has 2 aromatic carbocycles. The van der Waals surface area contributed by atoms with Gasteiger partial charge in [0, 0.05) is 11.6 Å². The second-order valence-electron chi connectivity index (χ2n) is 4.72. The summed E-state index contributed by atoms with van der Waals surface area (Å²) in [7, 11) is 0. The summed E-state index contributed by atoms with van der Waals surface area (Å²) in [4.78, 5) is 0. The van der Waals surface area contributed by atoms with E-state index >= 15 is 0 Å². The lowest BCUT2D eigenvalue weighted by Gasteiger charge is -2.18. The van der Waals surface area contributed by atoms with Gasteiger partial charge in [0.2, 0.25) is 0 Å². The smallest absolute Gasteiger partial charge is 0.306 e. The lowest BCUT2D eigenvalue weighted by Crippen LogP contribution is -2.23. The molecule has 106 valence electrons. The molecule has 0 heterocycles. The van der Waals surface area contributed by atoms with Gasteiger partial charge in [0.15, 0.2) is 6.61 Å². The summed E-state index contributed by atoms with van der Waals surface area (Å²) in [6.45, 7) is 1.14. The molecule has 0 bridgehead atoms. The molecule has 0 aliphatic carbocycles. The van der Waals surface area contributed by atoms with Crippen LogP contribution in [0.1, 0.15) is 24.1 Å². The Morgan fingerprint density at radius 1 is 1.10 bits per heavy atom. The van der Waals surface area contributed by atoms with Crippen LogP contribution in [0, 0.1) is 0 Å². The topological polar surface area (TPSA) is 35.2 Å². The fraction of sp³-hybridized carbons (Fsp3) is 0.250. The highest BCUT2D eigenvalue weighted by Crippen LogP contribution is 2.29. The summed E-state index contributed by atoms with van der Waals surface area (Å²) in [6.07, 6.45) is 0. The van der Waals surface area contributed by atoms with Crippen molar-refractivity contribution in [3.05, 3.63) is 65.7 Å². The van der Waals surface area contributed by atoms with Crippen molar-refractivity contribution in [2.45, 2.75) is 18.9 Å². The molecule has 0 fully saturated rings. The summed E-state index contributed by atoms with van der Waals surface area (Å²) in [6, 6.07) is 14.4. The molecule has 0 unspecified atom stereocenters. The standard InChI is InChI=1S/C16H17F2NO/c1-12(19)13-6-5-9-15(10-13)20-11-16(17,18)14-7-3-2-4-8-14/h2-10,12H,11,19H2,1H3/t12-/m1/s1. The van der Waals surface area contributed by atoms with Crippen molar-refractivity contribution in [3.63, 3.8) is 0 Å². The minimum Gasteiger partial charge on any atom is -0.487 e. The normalized spacial score (nSPS) is 13.0. The first-order valence-corrected chi connectivity index (χ1v) is 6.41. The third-order valence-electron chi connectivity index (χ3n) is 3.00. The van der Waals surface area contributed by atoms with Crippen LogP contribution in [0.3, 0.4) is 0 Å². The molecule has 0 saturated carbocycles. The summed E-state index contributed by atoms with van der Waals surface area (Å²) in [5.41, 5.74) is 6.55. The van der Waals surface area contributed by atoms with Gasteiger partial charge in [-0.3, -0.25) is 0 Å². The molecule has 0 aromatic heterocycles. The van der Waals surface area contributed by atoms with E-state index in [9.17, 15) is 8.78 Å². The molecule has 1 atom stereocenters. The van der Waals surface area contributed by atoms with E-state index in [0.29, 0.717) is 5.75 Å². The van der Waals surface area contributed by atoms with Crippen LogP contribution in [0.4, 0.5) is 8.78 Å². The summed E-state index contributed by atoms with van der Waals surface area (Å²) in [5.74, 6) is -2.62. The Balaban J connectivity index is 2.06. The van der Waals surface area contributed by atoms with Crippen LogP contribution >= 0.6 is 0 Å². The number of rotatable bonds is 5. The Morgan fingerprint density at radius 3 is 2.45 bits per heavy atom. The minimum atomic E-state index is -3.02. The van der Waals surface area contributed by atoms with E-state index in [1.54, 1.807) is 36.4 Å². The van der Waals surface area contributed by atoms with E-state index in [1.807, 2.05) is 13.0 Å². The maximum absolute atomic E-state index is 14.0. The third-order valence-corrected chi connectivity index (χ3v) is 3.00. The van der Waals surface area contributed by atoms with Crippen LogP contribution in [0.2, 0.25) is 0 Å². The van der Waals surface area contributed by atoms with Crippen LogP contribution in [-0.4, -0.2) is 6.61 Å². The summed E-state index contributed by atoms with van der Waals surface area (Å²) in [5, 5.41) is 0. The van der Waals surface area contributed by atoms with Crippen LogP contribution in [0.15, 0.2) is 54.6 Å². The van der Waals surface area contributed by atoms with Crippen molar-refractivity contribution in [1.82, 2.24) is 0 Å². The number of ether oxygens (including phenoxy) is 1. The van der Waals surface area contributed by atoms with E-state index in [4.69, 9.17) is 10.5 Å². The van der Waals surface area contributed by atoms with Crippen LogP contribution in [0.5, 0.6) is 5.75 Å². The van der Waals surface area contributed by atoms with Gasteiger partial charge in [-0.25, -0.2) is 0 Å². The van der Waals surface area contributed by atoms with Gasteiger partial charge in [0.25, 0.3) is 0 Å². The SMILES string of the molecule is C[C@@H](N)c1cccc(OCC(F)(F)c2ccccc2)c1. The molecule has 0 radical (unpaired) electrons. The molecular weight excluding hydrogens is 260 g/mol. The molecule has 2 nitrogen and oxygen atoms in total. The first-order valence-electron chi connectivity index (χ1n) is 6.41. The number of alkyl halides is 2. The van der Waals surface area contributed by atoms with E-state index < -0.39 is 12.5 Å².